The highest BCUT2D eigenvalue weighted by Crippen LogP contribution is 2.25. The highest BCUT2D eigenvalue weighted by molar-refractivity contribution is 6.06. The minimum Gasteiger partial charge on any atom is -0.468 e. The number of rotatable bonds is 5. The number of esters is 3. The van der Waals surface area contributed by atoms with E-state index in [-0.39, 0.29) is 6.54 Å². The Morgan fingerprint density at radius 2 is 1.56 bits per heavy atom. The lowest BCUT2D eigenvalue weighted by Crippen LogP contribution is -2.50. The van der Waals surface area contributed by atoms with Gasteiger partial charge in [0.25, 0.3) is 0 Å². The molecule has 1 saturated heterocycles. The normalized spacial score (nSPS) is 18.4. The molecule has 152 valence electrons. The molecular formula is C17H26N2O8. The first-order valence-electron chi connectivity index (χ1n) is 8.32. The summed E-state index contributed by atoms with van der Waals surface area (Å²) in [4.78, 5) is 63.6. The van der Waals surface area contributed by atoms with E-state index in [0.717, 1.165) is 19.1 Å². The van der Waals surface area contributed by atoms with Crippen LogP contribution in [-0.4, -0.2) is 79.1 Å². The lowest BCUT2D eigenvalue weighted by atomic mass is 9.92. The highest BCUT2D eigenvalue weighted by Gasteiger charge is 2.49. The van der Waals surface area contributed by atoms with Crippen LogP contribution >= 0.6 is 0 Å². The minimum absolute atomic E-state index is 0.0622. The van der Waals surface area contributed by atoms with Crippen LogP contribution in [-0.2, 0) is 33.4 Å². The molecule has 0 aromatic rings. The SMILES string of the molecule is COC(=O)C(C(=O)OC)[C@H](C)C(=O)N1C(=O)N(C)C[C@H]1C(=O)OC(C)(C)C. The van der Waals surface area contributed by atoms with Crippen LogP contribution in [0.1, 0.15) is 27.7 Å². The Morgan fingerprint density at radius 3 is 1.96 bits per heavy atom. The number of likely N-dealkylation sites (N-methyl/N-ethyl adjacent to an activating group) is 1. The smallest absolute Gasteiger partial charge is 0.331 e. The molecule has 1 aliphatic heterocycles. The maximum atomic E-state index is 12.9. The van der Waals surface area contributed by atoms with E-state index in [1.165, 1.54) is 18.9 Å². The van der Waals surface area contributed by atoms with Crippen molar-refractivity contribution < 1.29 is 38.2 Å². The lowest BCUT2D eigenvalue weighted by Gasteiger charge is -2.28. The second-order valence-electron chi connectivity index (χ2n) is 7.23. The highest BCUT2D eigenvalue weighted by atomic mass is 16.6. The van der Waals surface area contributed by atoms with Gasteiger partial charge in [0.05, 0.1) is 26.7 Å². The topological polar surface area (TPSA) is 120 Å². The van der Waals surface area contributed by atoms with Crippen LogP contribution in [0.25, 0.3) is 0 Å². The summed E-state index contributed by atoms with van der Waals surface area (Å²) in [6, 6.07) is -1.91. The van der Waals surface area contributed by atoms with E-state index in [1.807, 2.05) is 0 Å². The van der Waals surface area contributed by atoms with Gasteiger partial charge >= 0.3 is 23.9 Å². The van der Waals surface area contributed by atoms with Crippen molar-refractivity contribution in [1.29, 1.82) is 0 Å². The van der Waals surface area contributed by atoms with Gasteiger partial charge < -0.3 is 19.1 Å². The molecule has 0 radical (unpaired) electrons. The predicted molar refractivity (Wildman–Crippen MR) is 91.2 cm³/mol. The van der Waals surface area contributed by atoms with Gasteiger partial charge in [-0.1, -0.05) is 6.92 Å². The maximum absolute atomic E-state index is 12.9. The fourth-order valence-electron chi connectivity index (χ4n) is 2.65. The second kappa shape index (κ2) is 8.36. The van der Waals surface area contributed by atoms with Crippen LogP contribution in [0.15, 0.2) is 0 Å². The van der Waals surface area contributed by atoms with Gasteiger partial charge in [-0.15, -0.1) is 0 Å². The zero-order valence-corrected chi connectivity index (χ0v) is 16.6. The van der Waals surface area contributed by atoms with Crippen LogP contribution in [0.2, 0.25) is 0 Å². The summed E-state index contributed by atoms with van der Waals surface area (Å²) in [6.07, 6.45) is 0. The monoisotopic (exact) mass is 386 g/mol. The van der Waals surface area contributed by atoms with Crippen LogP contribution in [0.5, 0.6) is 0 Å². The molecule has 1 rings (SSSR count). The zero-order chi connectivity index (χ0) is 21.1. The van der Waals surface area contributed by atoms with Crippen LogP contribution in [0, 0.1) is 11.8 Å². The van der Waals surface area contributed by atoms with Gasteiger partial charge in [0.2, 0.25) is 5.91 Å². The Balaban J connectivity index is 3.18. The van der Waals surface area contributed by atoms with Gasteiger partial charge in [-0.25, -0.2) is 14.5 Å². The summed E-state index contributed by atoms with van der Waals surface area (Å²) in [7, 11) is 3.55. The van der Waals surface area contributed by atoms with E-state index in [9.17, 15) is 24.0 Å². The Bertz CT molecular complexity index is 623. The van der Waals surface area contributed by atoms with E-state index in [1.54, 1.807) is 20.8 Å². The third-order valence-electron chi connectivity index (χ3n) is 4.01. The van der Waals surface area contributed by atoms with E-state index < -0.39 is 53.3 Å². The third kappa shape index (κ3) is 4.95. The molecule has 0 bridgehead atoms. The molecule has 10 nitrogen and oxygen atoms in total. The third-order valence-corrected chi connectivity index (χ3v) is 4.01. The Labute approximate surface area is 157 Å². The molecule has 0 aromatic heterocycles. The average Bonchev–Trinajstić information content (AvgIpc) is 2.87. The van der Waals surface area contributed by atoms with Crippen molar-refractivity contribution in [3.05, 3.63) is 0 Å². The van der Waals surface area contributed by atoms with E-state index >= 15 is 0 Å². The molecule has 3 amide bonds. The number of methoxy groups -OCH3 is 2. The number of carbonyl (C=O) groups is 5. The molecule has 27 heavy (non-hydrogen) atoms. The number of imide groups is 1. The number of urea groups is 1. The first-order chi connectivity index (χ1) is 12.4. The van der Waals surface area contributed by atoms with Crippen LogP contribution < -0.4 is 0 Å². The number of hydrogen-bond donors (Lipinski definition) is 0. The van der Waals surface area contributed by atoms with Gasteiger partial charge in [-0.2, -0.15) is 0 Å². The van der Waals surface area contributed by atoms with Gasteiger partial charge in [0.15, 0.2) is 12.0 Å². The van der Waals surface area contributed by atoms with Crippen LogP contribution in [0.3, 0.4) is 0 Å². The van der Waals surface area contributed by atoms with Crippen molar-refractivity contribution >= 4 is 29.8 Å². The standard InChI is InChI=1S/C17H26N2O8/c1-9(11(14(22)25-6)15(23)26-7)12(20)19-10(8-18(5)16(19)24)13(21)27-17(2,3)4/h9-11H,8H2,1-7H3/t9-,10-/m0/s1. The zero-order valence-electron chi connectivity index (χ0n) is 16.6. The van der Waals surface area contributed by atoms with Gasteiger partial charge in [-0.05, 0) is 20.8 Å². The molecule has 0 spiro atoms. The maximum Gasteiger partial charge on any atom is 0.331 e. The lowest BCUT2D eigenvalue weighted by molar-refractivity contribution is -0.166. The van der Waals surface area contributed by atoms with Crippen molar-refractivity contribution in [2.24, 2.45) is 11.8 Å². The summed E-state index contributed by atoms with van der Waals surface area (Å²) >= 11 is 0. The first-order valence-corrected chi connectivity index (χ1v) is 8.32. The van der Waals surface area contributed by atoms with Gasteiger partial charge in [0.1, 0.15) is 5.60 Å². The first kappa shape index (κ1) is 22.4. The van der Waals surface area contributed by atoms with Gasteiger partial charge in [-0.3, -0.25) is 14.4 Å². The predicted octanol–water partition coefficient (Wildman–Crippen LogP) is 0.189. The van der Waals surface area contributed by atoms with Crippen molar-refractivity contribution in [2.45, 2.75) is 39.3 Å². The molecule has 0 aromatic carbocycles. The molecule has 1 aliphatic rings. The quantitative estimate of drug-likeness (QED) is 0.373. The average molecular weight is 386 g/mol. The second-order valence-corrected chi connectivity index (χ2v) is 7.23. The van der Waals surface area contributed by atoms with Gasteiger partial charge in [0, 0.05) is 7.05 Å². The number of carbonyl (C=O) groups excluding carboxylic acids is 5. The summed E-state index contributed by atoms with van der Waals surface area (Å²) in [6.45, 7) is 6.20. The molecule has 0 aliphatic carbocycles. The number of ether oxygens (including phenoxy) is 3. The molecular weight excluding hydrogens is 360 g/mol. The molecule has 2 atom stereocenters. The van der Waals surface area contributed by atoms with E-state index in [2.05, 4.69) is 9.47 Å². The molecule has 0 N–H and O–H groups in total. The minimum atomic E-state index is -1.56. The fourth-order valence-corrected chi connectivity index (χ4v) is 2.65. The van der Waals surface area contributed by atoms with Crippen LogP contribution in [0.4, 0.5) is 4.79 Å². The van der Waals surface area contributed by atoms with Crippen molar-refractivity contribution in [2.75, 3.05) is 27.8 Å². The Hall–Kier alpha value is -2.65. The summed E-state index contributed by atoms with van der Waals surface area (Å²) in [5, 5.41) is 0. The molecule has 0 unspecified atom stereocenters. The van der Waals surface area contributed by atoms with E-state index in [0.29, 0.717) is 0 Å². The van der Waals surface area contributed by atoms with Crippen molar-refractivity contribution in [3.63, 3.8) is 0 Å². The number of hydrogen-bond acceptors (Lipinski definition) is 8. The molecule has 1 heterocycles. The number of nitrogens with zero attached hydrogens (tertiary/aromatic N) is 2. The number of amides is 3. The summed E-state index contributed by atoms with van der Waals surface area (Å²) in [5.41, 5.74) is -0.817. The fraction of sp³-hybridized carbons (Fsp3) is 0.706. The molecule has 1 fully saturated rings. The van der Waals surface area contributed by atoms with Crippen molar-refractivity contribution in [1.82, 2.24) is 9.80 Å². The summed E-state index contributed by atoms with van der Waals surface area (Å²) in [5.74, 6) is -6.43. The van der Waals surface area contributed by atoms with Crippen molar-refractivity contribution in [3.8, 4) is 0 Å². The largest absolute Gasteiger partial charge is 0.468 e. The Morgan fingerprint density at radius 1 is 1.07 bits per heavy atom. The molecule has 0 saturated carbocycles. The summed E-state index contributed by atoms with van der Waals surface area (Å²) < 4.78 is 14.4. The molecule has 10 heteroatoms. The Kier molecular flexibility index (Phi) is 6.93. The van der Waals surface area contributed by atoms with E-state index in [4.69, 9.17) is 4.74 Å².